The standard InChI is InChI=1S/C31H36ClN3O2S/c1-31(2,3)23-11-14-25-26(19-23)38-29(33-28(36)22-9-12-24(32)13-10-22)27(25)30(37)35-17-15-34(16-18-35)20-21-7-5-4-6-8-21/h4-10,12-13,23H,11,14-20H2,1-3H3,(H,33,36). The lowest BCUT2D eigenvalue weighted by Crippen LogP contribution is -2.48. The van der Waals surface area contributed by atoms with E-state index < -0.39 is 0 Å². The first-order valence-electron chi connectivity index (χ1n) is 13.5. The number of nitrogens with one attached hydrogen (secondary N) is 1. The third-order valence-corrected chi connectivity index (χ3v) is 9.37. The van der Waals surface area contributed by atoms with E-state index in [2.05, 4.69) is 55.3 Å². The van der Waals surface area contributed by atoms with E-state index in [1.165, 1.54) is 10.4 Å². The molecule has 1 saturated heterocycles. The molecule has 0 radical (unpaired) electrons. The lowest BCUT2D eigenvalue weighted by atomic mass is 9.72. The molecule has 0 spiro atoms. The zero-order chi connectivity index (χ0) is 26.9. The number of fused-ring (bicyclic) bond motifs is 1. The van der Waals surface area contributed by atoms with Crippen molar-refractivity contribution in [3.63, 3.8) is 0 Å². The van der Waals surface area contributed by atoms with Gasteiger partial charge in [-0.2, -0.15) is 0 Å². The van der Waals surface area contributed by atoms with Crippen LogP contribution in [-0.2, 0) is 19.4 Å². The fourth-order valence-corrected chi connectivity index (χ4v) is 6.97. The van der Waals surface area contributed by atoms with E-state index in [1.807, 2.05) is 11.0 Å². The summed E-state index contributed by atoms with van der Waals surface area (Å²) in [5.41, 5.74) is 3.86. The quantitative estimate of drug-likeness (QED) is 0.382. The van der Waals surface area contributed by atoms with Crippen LogP contribution in [0.2, 0.25) is 5.02 Å². The summed E-state index contributed by atoms with van der Waals surface area (Å²) >= 11 is 7.61. The van der Waals surface area contributed by atoms with Crippen molar-refractivity contribution in [2.75, 3.05) is 31.5 Å². The van der Waals surface area contributed by atoms with Gasteiger partial charge in [-0.15, -0.1) is 11.3 Å². The largest absolute Gasteiger partial charge is 0.336 e. The number of rotatable bonds is 5. The number of benzene rings is 2. The fourth-order valence-electron chi connectivity index (χ4n) is 5.52. The van der Waals surface area contributed by atoms with Crippen molar-refractivity contribution in [1.29, 1.82) is 0 Å². The van der Waals surface area contributed by atoms with Crippen LogP contribution < -0.4 is 5.32 Å². The normalized spacial score (nSPS) is 18.2. The lowest BCUT2D eigenvalue weighted by molar-refractivity contribution is 0.0628. The number of halogens is 1. The average Bonchev–Trinajstić information content (AvgIpc) is 3.26. The van der Waals surface area contributed by atoms with Crippen molar-refractivity contribution in [2.24, 2.45) is 11.3 Å². The van der Waals surface area contributed by atoms with Crippen LogP contribution in [0.4, 0.5) is 5.00 Å². The van der Waals surface area contributed by atoms with Gasteiger partial charge >= 0.3 is 0 Å². The highest BCUT2D eigenvalue weighted by molar-refractivity contribution is 7.17. The van der Waals surface area contributed by atoms with Crippen molar-refractivity contribution >= 4 is 39.8 Å². The lowest BCUT2D eigenvalue weighted by Gasteiger charge is -2.36. The van der Waals surface area contributed by atoms with E-state index >= 15 is 0 Å². The summed E-state index contributed by atoms with van der Waals surface area (Å²) in [7, 11) is 0. The predicted octanol–water partition coefficient (Wildman–Crippen LogP) is 6.76. The van der Waals surface area contributed by atoms with Crippen LogP contribution in [0.25, 0.3) is 0 Å². The van der Waals surface area contributed by atoms with E-state index in [0.717, 1.165) is 44.5 Å². The number of carbonyl (C=O) groups is 2. The van der Waals surface area contributed by atoms with Gasteiger partial charge in [0.25, 0.3) is 11.8 Å². The first kappa shape index (κ1) is 26.9. The molecule has 1 aromatic heterocycles. The van der Waals surface area contributed by atoms with Crippen molar-refractivity contribution in [1.82, 2.24) is 9.80 Å². The van der Waals surface area contributed by atoms with Gasteiger partial charge in [0, 0.05) is 48.2 Å². The molecule has 1 aliphatic carbocycles. The van der Waals surface area contributed by atoms with Gasteiger partial charge in [0.1, 0.15) is 5.00 Å². The maximum Gasteiger partial charge on any atom is 0.257 e. The maximum absolute atomic E-state index is 14.0. The van der Waals surface area contributed by atoms with Gasteiger partial charge in [-0.3, -0.25) is 14.5 Å². The van der Waals surface area contributed by atoms with Gasteiger partial charge in [0.2, 0.25) is 0 Å². The van der Waals surface area contributed by atoms with Crippen LogP contribution in [0.1, 0.15) is 63.9 Å². The number of carbonyl (C=O) groups excluding carboxylic acids is 2. The molecule has 0 bridgehead atoms. The number of anilines is 1. The zero-order valence-electron chi connectivity index (χ0n) is 22.4. The fraction of sp³-hybridized carbons (Fsp3) is 0.419. The second-order valence-corrected chi connectivity index (χ2v) is 13.1. The van der Waals surface area contributed by atoms with Crippen LogP contribution in [0, 0.1) is 11.3 Å². The second kappa shape index (κ2) is 11.2. The van der Waals surface area contributed by atoms with Crippen molar-refractivity contribution in [3.8, 4) is 0 Å². The zero-order valence-corrected chi connectivity index (χ0v) is 24.0. The van der Waals surface area contributed by atoms with E-state index in [0.29, 0.717) is 40.2 Å². The molecule has 200 valence electrons. The van der Waals surface area contributed by atoms with Crippen LogP contribution >= 0.6 is 22.9 Å². The SMILES string of the molecule is CC(C)(C)C1CCc2c(sc(NC(=O)c3ccc(Cl)cc3)c2C(=O)N2CCN(Cc3ccccc3)CC2)C1. The molecule has 2 heterocycles. The molecule has 38 heavy (non-hydrogen) atoms. The Bertz CT molecular complexity index is 1290. The summed E-state index contributed by atoms with van der Waals surface area (Å²) in [6.45, 7) is 10.8. The summed E-state index contributed by atoms with van der Waals surface area (Å²) in [5.74, 6) is 0.384. The Balaban J connectivity index is 1.37. The highest BCUT2D eigenvalue weighted by Crippen LogP contribution is 2.44. The van der Waals surface area contributed by atoms with E-state index in [9.17, 15) is 9.59 Å². The third kappa shape index (κ3) is 5.98. The molecule has 7 heteroatoms. The molecule has 3 aromatic rings. The van der Waals surface area contributed by atoms with Crippen LogP contribution in [0.15, 0.2) is 54.6 Å². The first-order valence-corrected chi connectivity index (χ1v) is 14.7. The van der Waals surface area contributed by atoms with Gasteiger partial charge < -0.3 is 10.2 Å². The molecule has 0 saturated carbocycles. The Labute approximate surface area is 234 Å². The van der Waals surface area contributed by atoms with Crippen LogP contribution in [-0.4, -0.2) is 47.8 Å². The van der Waals surface area contributed by atoms with Gasteiger partial charge in [-0.05, 0) is 66.0 Å². The smallest absolute Gasteiger partial charge is 0.257 e. The molecule has 1 aliphatic heterocycles. The highest BCUT2D eigenvalue weighted by atomic mass is 35.5. The molecule has 1 N–H and O–H groups in total. The minimum absolute atomic E-state index is 0.0440. The monoisotopic (exact) mass is 549 g/mol. The summed E-state index contributed by atoms with van der Waals surface area (Å²) in [6.07, 6.45) is 2.88. The Morgan fingerprint density at radius 2 is 1.68 bits per heavy atom. The molecule has 2 amide bonds. The van der Waals surface area contributed by atoms with E-state index in [-0.39, 0.29) is 17.2 Å². The molecular formula is C31H36ClN3O2S. The van der Waals surface area contributed by atoms with E-state index in [4.69, 9.17) is 11.6 Å². The maximum atomic E-state index is 14.0. The van der Waals surface area contributed by atoms with Crippen LogP contribution in [0.5, 0.6) is 0 Å². The Morgan fingerprint density at radius 3 is 2.34 bits per heavy atom. The minimum Gasteiger partial charge on any atom is -0.336 e. The van der Waals surface area contributed by atoms with Gasteiger partial charge in [-0.1, -0.05) is 62.7 Å². The summed E-state index contributed by atoms with van der Waals surface area (Å²) < 4.78 is 0. The first-order chi connectivity index (χ1) is 18.2. The number of hydrogen-bond acceptors (Lipinski definition) is 4. The average molecular weight is 550 g/mol. The van der Waals surface area contributed by atoms with Gasteiger partial charge in [0.15, 0.2) is 0 Å². The Kier molecular flexibility index (Phi) is 7.94. The Morgan fingerprint density at radius 1 is 1.00 bits per heavy atom. The number of hydrogen-bond donors (Lipinski definition) is 1. The molecular weight excluding hydrogens is 514 g/mol. The third-order valence-electron chi connectivity index (χ3n) is 7.95. The summed E-state index contributed by atoms with van der Waals surface area (Å²) in [4.78, 5) is 32.8. The molecule has 1 fully saturated rings. The second-order valence-electron chi connectivity index (χ2n) is 11.5. The molecule has 1 atom stereocenters. The minimum atomic E-state index is -0.214. The van der Waals surface area contributed by atoms with Crippen molar-refractivity contribution < 1.29 is 9.59 Å². The molecule has 5 nitrogen and oxygen atoms in total. The Hall–Kier alpha value is -2.67. The number of nitrogens with zero attached hydrogens (tertiary/aromatic N) is 2. The molecule has 1 unspecified atom stereocenters. The van der Waals surface area contributed by atoms with Gasteiger partial charge in [0.05, 0.1) is 5.56 Å². The molecule has 5 rings (SSSR count). The molecule has 2 aliphatic rings. The van der Waals surface area contributed by atoms with Crippen molar-refractivity contribution in [2.45, 2.75) is 46.6 Å². The summed E-state index contributed by atoms with van der Waals surface area (Å²) in [6, 6.07) is 17.3. The highest BCUT2D eigenvalue weighted by Gasteiger charge is 2.36. The summed E-state index contributed by atoms with van der Waals surface area (Å²) in [5, 5.41) is 4.37. The van der Waals surface area contributed by atoms with E-state index in [1.54, 1.807) is 35.6 Å². The van der Waals surface area contributed by atoms with Gasteiger partial charge in [-0.25, -0.2) is 0 Å². The predicted molar refractivity (Wildman–Crippen MR) is 156 cm³/mol. The van der Waals surface area contributed by atoms with Crippen molar-refractivity contribution in [3.05, 3.63) is 86.8 Å². The number of thiophene rings is 1. The number of piperazine rings is 1. The van der Waals surface area contributed by atoms with Crippen LogP contribution in [0.3, 0.4) is 0 Å². The molecule has 2 aromatic carbocycles. The number of amides is 2. The topological polar surface area (TPSA) is 52.7 Å².